The highest BCUT2D eigenvalue weighted by Crippen LogP contribution is 2.29. The standard InChI is InChI=1S/C13H24N4/c1-10-12(8-15-17(10)3)9-16(2)13-6-4-5-11(13)7-14/h8,11,13H,4-7,9,14H2,1-3H3. The molecule has 1 heterocycles. The Labute approximate surface area is 104 Å². The van der Waals surface area contributed by atoms with E-state index in [9.17, 15) is 0 Å². The molecule has 4 heteroatoms. The van der Waals surface area contributed by atoms with Crippen LogP contribution < -0.4 is 5.73 Å². The zero-order valence-electron chi connectivity index (χ0n) is 11.2. The van der Waals surface area contributed by atoms with Crippen LogP contribution in [0, 0.1) is 12.8 Å². The van der Waals surface area contributed by atoms with Crippen LogP contribution in [0.3, 0.4) is 0 Å². The first-order valence-corrected chi connectivity index (χ1v) is 6.51. The van der Waals surface area contributed by atoms with Crippen LogP contribution in [0.2, 0.25) is 0 Å². The van der Waals surface area contributed by atoms with Crippen molar-refractivity contribution in [2.45, 2.75) is 38.8 Å². The number of aromatic nitrogens is 2. The molecule has 0 bridgehead atoms. The van der Waals surface area contributed by atoms with E-state index in [4.69, 9.17) is 5.73 Å². The largest absolute Gasteiger partial charge is 0.330 e. The van der Waals surface area contributed by atoms with E-state index in [1.165, 1.54) is 30.5 Å². The van der Waals surface area contributed by atoms with E-state index in [0.29, 0.717) is 12.0 Å². The molecule has 0 aromatic carbocycles. The fraction of sp³-hybridized carbons (Fsp3) is 0.769. The quantitative estimate of drug-likeness (QED) is 0.857. The molecule has 1 aliphatic carbocycles. The predicted molar refractivity (Wildman–Crippen MR) is 69.6 cm³/mol. The Kier molecular flexibility index (Phi) is 3.84. The molecule has 2 unspecified atom stereocenters. The Morgan fingerprint density at radius 1 is 1.53 bits per heavy atom. The molecule has 0 amide bonds. The van der Waals surface area contributed by atoms with Crippen molar-refractivity contribution in [2.24, 2.45) is 18.7 Å². The van der Waals surface area contributed by atoms with Crippen molar-refractivity contribution in [3.63, 3.8) is 0 Å². The minimum Gasteiger partial charge on any atom is -0.330 e. The maximum atomic E-state index is 5.85. The van der Waals surface area contributed by atoms with Crippen molar-refractivity contribution in [3.8, 4) is 0 Å². The summed E-state index contributed by atoms with van der Waals surface area (Å²) in [7, 11) is 4.21. The van der Waals surface area contributed by atoms with Crippen LogP contribution in [0.25, 0.3) is 0 Å². The average Bonchev–Trinajstić information content (AvgIpc) is 2.90. The van der Waals surface area contributed by atoms with Crippen LogP contribution in [0.4, 0.5) is 0 Å². The molecule has 2 atom stereocenters. The van der Waals surface area contributed by atoms with E-state index in [2.05, 4.69) is 24.0 Å². The summed E-state index contributed by atoms with van der Waals surface area (Å²) in [5, 5.41) is 4.30. The van der Waals surface area contributed by atoms with Crippen LogP contribution in [0.1, 0.15) is 30.5 Å². The number of rotatable bonds is 4. The first-order valence-electron chi connectivity index (χ1n) is 6.51. The third-order valence-electron chi connectivity index (χ3n) is 4.24. The molecule has 1 fully saturated rings. The Hall–Kier alpha value is -0.870. The highest BCUT2D eigenvalue weighted by molar-refractivity contribution is 5.15. The van der Waals surface area contributed by atoms with Crippen molar-refractivity contribution in [2.75, 3.05) is 13.6 Å². The summed E-state index contributed by atoms with van der Waals surface area (Å²) in [5.74, 6) is 0.678. The number of nitrogens with two attached hydrogens (primary N) is 1. The van der Waals surface area contributed by atoms with Gasteiger partial charge in [0.15, 0.2) is 0 Å². The van der Waals surface area contributed by atoms with Crippen LogP contribution in [-0.2, 0) is 13.6 Å². The van der Waals surface area contributed by atoms with Crippen LogP contribution >= 0.6 is 0 Å². The van der Waals surface area contributed by atoms with E-state index in [-0.39, 0.29) is 0 Å². The smallest absolute Gasteiger partial charge is 0.0537 e. The summed E-state index contributed by atoms with van der Waals surface area (Å²) in [5.41, 5.74) is 8.44. The molecule has 1 aliphatic rings. The zero-order chi connectivity index (χ0) is 12.4. The first kappa shape index (κ1) is 12.6. The van der Waals surface area contributed by atoms with E-state index >= 15 is 0 Å². The topological polar surface area (TPSA) is 47.1 Å². The normalized spacial score (nSPS) is 24.8. The molecular weight excluding hydrogens is 212 g/mol. The molecule has 96 valence electrons. The van der Waals surface area contributed by atoms with Crippen molar-refractivity contribution in [3.05, 3.63) is 17.5 Å². The lowest BCUT2D eigenvalue weighted by molar-refractivity contribution is 0.192. The second-order valence-corrected chi connectivity index (χ2v) is 5.29. The van der Waals surface area contributed by atoms with E-state index in [0.717, 1.165) is 13.1 Å². The predicted octanol–water partition coefficient (Wildman–Crippen LogP) is 1.29. The van der Waals surface area contributed by atoms with Gasteiger partial charge in [0.1, 0.15) is 0 Å². The molecule has 1 aromatic rings. The summed E-state index contributed by atoms with van der Waals surface area (Å²) in [4.78, 5) is 2.45. The number of hydrogen-bond donors (Lipinski definition) is 1. The number of aryl methyl sites for hydroxylation is 1. The minimum atomic E-state index is 0.652. The fourth-order valence-electron chi connectivity index (χ4n) is 2.96. The SMILES string of the molecule is Cc1c(CN(C)C2CCCC2CN)cnn1C. The Balaban J connectivity index is 2.01. The molecule has 2 rings (SSSR count). The molecule has 4 nitrogen and oxygen atoms in total. The summed E-state index contributed by atoms with van der Waals surface area (Å²) in [6.45, 7) is 3.94. The molecule has 0 spiro atoms. The maximum Gasteiger partial charge on any atom is 0.0537 e. The van der Waals surface area contributed by atoms with Crippen LogP contribution in [0.15, 0.2) is 6.20 Å². The summed E-state index contributed by atoms with van der Waals surface area (Å²) in [6.07, 6.45) is 5.89. The summed E-state index contributed by atoms with van der Waals surface area (Å²) in [6, 6.07) is 0.652. The third-order valence-corrected chi connectivity index (χ3v) is 4.24. The van der Waals surface area contributed by atoms with Gasteiger partial charge < -0.3 is 5.73 Å². The molecule has 1 saturated carbocycles. The molecule has 2 N–H and O–H groups in total. The fourth-order valence-corrected chi connectivity index (χ4v) is 2.96. The molecule has 1 aromatic heterocycles. The molecule has 0 radical (unpaired) electrons. The lowest BCUT2D eigenvalue weighted by Crippen LogP contribution is -2.37. The van der Waals surface area contributed by atoms with Gasteiger partial charge >= 0.3 is 0 Å². The second-order valence-electron chi connectivity index (χ2n) is 5.29. The lowest BCUT2D eigenvalue weighted by Gasteiger charge is -2.28. The van der Waals surface area contributed by atoms with Gasteiger partial charge in [-0.15, -0.1) is 0 Å². The van der Waals surface area contributed by atoms with E-state index in [1.54, 1.807) is 0 Å². The average molecular weight is 236 g/mol. The highest BCUT2D eigenvalue weighted by Gasteiger charge is 2.29. The Morgan fingerprint density at radius 2 is 2.29 bits per heavy atom. The molecule has 0 aliphatic heterocycles. The van der Waals surface area contributed by atoms with Gasteiger partial charge in [0, 0.05) is 30.9 Å². The van der Waals surface area contributed by atoms with Crippen molar-refractivity contribution < 1.29 is 0 Å². The van der Waals surface area contributed by atoms with E-state index in [1.807, 2.05) is 17.9 Å². The van der Waals surface area contributed by atoms with Gasteiger partial charge in [-0.1, -0.05) is 6.42 Å². The zero-order valence-corrected chi connectivity index (χ0v) is 11.2. The number of nitrogens with zero attached hydrogens (tertiary/aromatic N) is 3. The van der Waals surface area contributed by atoms with Gasteiger partial charge in [-0.25, -0.2) is 0 Å². The highest BCUT2D eigenvalue weighted by atomic mass is 15.3. The number of hydrogen-bond acceptors (Lipinski definition) is 3. The molecular formula is C13H24N4. The van der Waals surface area contributed by atoms with E-state index < -0.39 is 0 Å². The van der Waals surface area contributed by atoms with Gasteiger partial charge in [-0.2, -0.15) is 5.10 Å². The monoisotopic (exact) mass is 236 g/mol. The minimum absolute atomic E-state index is 0.652. The lowest BCUT2D eigenvalue weighted by atomic mass is 10.0. The van der Waals surface area contributed by atoms with Gasteiger partial charge in [0.2, 0.25) is 0 Å². The third kappa shape index (κ3) is 2.53. The van der Waals surface area contributed by atoms with Crippen molar-refractivity contribution in [1.29, 1.82) is 0 Å². The van der Waals surface area contributed by atoms with Crippen molar-refractivity contribution >= 4 is 0 Å². The van der Waals surface area contributed by atoms with Gasteiger partial charge in [-0.05, 0) is 39.3 Å². The molecule has 0 saturated heterocycles. The van der Waals surface area contributed by atoms with Gasteiger partial charge in [0.25, 0.3) is 0 Å². The second kappa shape index (κ2) is 5.19. The summed E-state index contributed by atoms with van der Waals surface area (Å²) >= 11 is 0. The molecule has 17 heavy (non-hydrogen) atoms. The van der Waals surface area contributed by atoms with Crippen LogP contribution in [0.5, 0.6) is 0 Å². The first-order chi connectivity index (χ1) is 8.13. The van der Waals surface area contributed by atoms with Gasteiger partial charge in [0.05, 0.1) is 6.20 Å². The Bertz CT molecular complexity index is 371. The summed E-state index contributed by atoms with van der Waals surface area (Å²) < 4.78 is 1.94. The van der Waals surface area contributed by atoms with Crippen LogP contribution in [-0.4, -0.2) is 34.3 Å². The van der Waals surface area contributed by atoms with Gasteiger partial charge in [-0.3, -0.25) is 9.58 Å². The maximum absolute atomic E-state index is 5.85. The van der Waals surface area contributed by atoms with Crippen molar-refractivity contribution in [1.82, 2.24) is 14.7 Å². The Morgan fingerprint density at radius 3 is 2.88 bits per heavy atom.